The number of carbonyl (C=O) groups excluding carboxylic acids is 1. The number of amides is 2. The van der Waals surface area contributed by atoms with Crippen molar-refractivity contribution in [2.45, 2.75) is 32.2 Å². The lowest BCUT2D eigenvalue weighted by molar-refractivity contribution is 0.251. The van der Waals surface area contributed by atoms with Crippen molar-refractivity contribution in [2.24, 2.45) is 0 Å². The van der Waals surface area contributed by atoms with E-state index in [0.29, 0.717) is 12.5 Å². The zero-order chi connectivity index (χ0) is 13.7. The van der Waals surface area contributed by atoms with E-state index in [4.69, 9.17) is 5.11 Å². The van der Waals surface area contributed by atoms with Crippen LogP contribution in [0.5, 0.6) is 0 Å². The number of aliphatic hydroxyl groups excluding tert-OH is 1. The molecule has 0 aliphatic heterocycles. The van der Waals surface area contributed by atoms with Crippen molar-refractivity contribution in [1.29, 1.82) is 0 Å². The minimum absolute atomic E-state index is 0.0632. The summed E-state index contributed by atoms with van der Waals surface area (Å²) < 4.78 is 0. The van der Waals surface area contributed by atoms with Gasteiger partial charge in [0.15, 0.2) is 0 Å². The summed E-state index contributed by atoms with van der Waals surface area (Å²) in [5.74, 6) is 5.84. The van der Waals surface area contributed by atoms with Crippen LogP contribution in [-0.2, 0) is 0 Å². The zero-order valence-corrected chi connectivity index (χ0v) is 11.0. The van der Waals surface area contributed by atoms with E-state index in [-0.39, 0.29) is 12.6 Å². The molecule has 3 N–H and O–H groups in total. The molecule has 4 heteroatoms. The van der Waals surface area contributed by atoms with Crippen LogP contribution in [0.25, 0.3) is 0 Å². The van der Waals surface area contributed by atoms with Gasteiger partial charge in [-0.25, -0.2) is 4.79 Å². The van der Waals surface area contributed by atoms with Crippen molar-refractivity contribution in [3.8, 4) is 11.8 Å². The number of nitrogens with one attached hydrogen (secondary N) is 2. The summed E-state index contributed by atoms with van der Waals surface area (Å²) in [6.45, 7) is 2.02. The molecule has 1 saturated carbocycles. The van der Waals surface area contributed by atoms with Crippen LogP contribution in [0.4, 0.5) is 10.5 Å². The molecule has 1 aromatic rings. The van der Waals surface area contributed by atoms with Gasteiger partial charge in [0, 0.05) is 23.7 Å². The number of carbonyl (C=O) groups is 1. The molecule has 2 rings (SSSR count). The Hall–Kier alpha value is -1.99. The molecular weight excluding hydrogens is 240 g/mol. The van der Waals surface area contributed by atoms with Gasteiger partial charge in [-0.05, 0) is 43.5 Å². The fourth-order valence-corrected chi connectivity index (χ4v) is 1.73. The molecule has 4 nitrogen and oxygen atoms in total. The number of aliphatic hydroxyl groups is 1. The lowest BCUT2D eigenvalue weighted by Crippen LogP contribution is -2.30. The van der Waals surface area contributed by atoms with Crippen LogP contribution in [0.1, 0.15) is 30.4 Å². The standard InChI is InChI=1S/C15H18N2O2/c1-11-8-12(4-2-3-7-18)10-14(9-11)17-15(19)16-13-5-6-13/h8-10,13,18H,3,5-7H2,1H3,(H2,16,17,19). The maximum Gasteiger partial charge on any atom is 0.319 e. The summed E-state index contributed by atoms with van der Waals surface area (Å²) in [4.78, 5) is 11.7. The summed E-state index contributed by atoms with van der Waals surface area (Å²) in [5, 5.41) is 14.4. The molecule has 2 amide bonds. The van der Waals surface area contributed by atoms with Crippen molar-refractivity contribution >= 4 is 11.7 Å². The summed E-state index contributed by atoms with van der Waals surface area (Å²) in [6, 6.07) is 5.87. The molecule has 1 aliphatic rings. The zero-order valence-electron chi connectivity index (χ0n) is 11.0. The van der Waals surface area contributed by atoms with Crippen LogP contribution in [0.3, 0.4) is 0 Å². The number of hydrogen-bond acceptors (Lipinski definition) is 2. The first-order chi connectivity index (χ1) is 9.17. The van der Waals surface area contributed by atoms with Crippen LogP contribution in [0.15, 0.2) is 18.2 Å². The van der Waals surface area contributed by atoms with E-state index in [0.717, 1.165) is 29.7 Å². The van der Waals surface area contributed by atoms with Crippen molar-refractivity contribution in [3.05, 3.63) is 29.3 Å². The average molecular weight is 258 g/mol. The molecule has 100 valence electrons. The smallest absolute Gasteiger partial charge is 0.319 e. The highest BCUT2D eigenvalue weighted by molar-refractivity contribution is 5.90. The minimum atomic E-state index is -0.164. The second-order valence-corrected chi connectivity index (χ2v) is 4.74. The molecule has 1 fully saturated rings. The van der Waals surface area contributed by atoms with E-state index in [1.165, 1.54) is 0 Å². The second-order valence-electron chi connectivity index (χ2n) is 4.74. The number of urea groups is 1. The highest BCUT2D eigenvalue weighted by Gasteiger charge is 2.23. The summed E-state index contributed by atoms with van der Waals surface area (Å²) in [6.07, 6.45) is 2.59. The fraction of sp³-hybridized carbons (Fsp3) is 0.400. The molecule has 1 aromatic carbocycles. The maximum absolute atomic E-state index is 11.7. The third-order valence-electron chi connectivity index (χ3n) is 2.72. The van der Waals surface area contributed by atoms with Crippen molar-refractivity contribution < 1.29 is 9.90 Å². The Morgan fingerprint density at radius 1 is 1.42 bits per heavy atom. The predicted octanol–water partition coefficient (Wildman–Crippen LogP) is 2.01. The minimum Gasteiger partial charge on any atom is -0.395 e. The molecule has 0 unspecified atom stereocenters. The van der Waals surface area contributed by atoms with Gasteiger partial charge < -0.3 is 15.7 Å². The second kappa shape index (κ2) is 6.26. The van der Waals surface area contributed by atoms with E-state index in [9.17, 15) is 4.79 Å². The van der Waals surface area contributed by atoms with Gasteiger partial charge in [0.05, 0.1) is 6.61 Å². The SMILES string of the molecule is Cc1cc(C#CCCO)cc(NC(=O)NC2CC2)c1. The summed E-state index contributed by atoms with van der Waals surface area (Å²) in [7, 11) is 0. The quantitative estimate of drug-likeness (QED) is 0.726. The molecule has 0 radical (unpaired) electrons. The first kappa shape index (κ1) is 13.4. The molecule has 0 bridgehead atoms. The Morgan fingerprint density at radius 2 is 2.21 bits per heavy atom. The van der Waals surface area contributed by atoms with E-state index < -0.39 is 0 Å². The van der Waals surface area contributed by atoms with Crippen LogP contribution in [0, 0.1) is 18.8 Å². The van der Waals surface area contributed by atoms with Crippen molar-refractivity contribution in [1.82, 2.24) is 5.32 Å². The molecule has 0 atom stereocenters. The largest absolute Gasteiger partial charge is 0.395 e. The Labute approximate surface area is 113 Å². The van der Waals surface area contributed by atoms with Crippen LogP contribution >= 0.6 is 0 Å². The number of hydrogen-bond donors (Lipinski definition) is 3. The monoisotopic (exact) mass is 258 g/mol. The number of anilines is 1. The normalized spacial score (nSPS) is 13.4. The van der Waals surface area contributed by atoms with Gasteiger partial charge in [0.1, 0.15) is 0 Å². The van der Waals surface area contributed by atoms with Gasteiger partial charge in [0.25, 0.3) is 0 Å². The van der Waals surface area contributed by atoms with Crippen LogP contribution in [-0.4, -0.2) is 23.8 Å². The molecule has 0 spiro atoms. The van der Waals surface area contributed by atoms with Crippen LogP contribution in [0.2, 0.25) is 0 Å². The van der Waals surface area contributed by atoms with Crippen LogP contribution < -0.4 is 10.6 Å². The molecule has 19 heavy (non-hydrogen) atoms. The summed E-state index contributed by atoms with van der Waals surface area (Å²) >= 11 is 0. The molecule has 0 heterocycles. The van der Waals surface area contributed by atoms with E-state index in [2.05, 4.69) is 22.5 Å². The van der Waals surface area contributed by atoms with Gasteiger partial charge in [-0.1, -0.05) is 11.8 Å². The highest BCUT2D eigenvalue weighted by Crippen LogP contribution is 2.19. The molecular formula is C15H18N2O2. The summed E-state index contributed by atoms with van der Waals surface area (Å²) in [5.41, 5.74) is 2.62. The van der Waals surface area contributed by atoms with Crippen molar-refractivity contribution in [2.75, 3.05) is 11.9 Å². The number of aryl methyl sites for hydroxylation is 1. The fourth-order valence-electron chi connectivity index (χ4n) is 1.73. The molecule has 1 aliphatic carbocycles. The topological polar surface area (TPSA) is 61.4 Å². The van der Waals surface area contributed by atoms with Crippen molar-refractivity contribution in [3.63, 3.8) is 0 Å². The first-order valence-electron chi connectivity index (χ1n) is 6.46. The third-order valence-corrected chi connectivity index (χ3v) is 2.72. The van der Waals surface area contributed by atoms with Gasteiger partial charge in [-0.15, -0.1) is 0 Å². The third kappa shape index (κ3) is 4.65. The first-order valence-corrected chi connectivity index (χ1v) is 6.46. The number of rotatable bonds is 3. The Bertz CT molecular complexity index is 525. The maximum atomic E-state index is 11.7. The van der Waals surface area contributed by atoms with E-state index in [1.54, 1.807) is 0 Å². The van der Waals surface area contributed by atoms with E-state index in [1.807, 2.05) is 25.1 Å². The van der Waals surface area contributed by atoms with Gasteiger partial charge in [0.2, 0.25) is 0 Å². The van der Waals surface area contributed by atoms with Gasteiger partial charge in [-0.2, -0.15) is 0 Å². The Balaban J connectivity index is 2.03. The average Bonchev–Trinajstić information content (AvgIpc) is 3.12. The Morgan fingerprint density at radius 3 is 2.89 bits per heavy atom. The predicted molar refractivity (Wildman–Crippen MR) is 74.9 cm³/mol. The lowest BCUT2D eigenvalue weighted by Gasteiger charge is -2.08. The highest BCUT2D eigenvalue weighted by atomic mass is 16.2. The molecule has 0 aromatic heterocycles. The van der Waals surface area contributed by atoms with E-state index >= 15 is 0 Å². The number of benzene rings is 1. The van der Waals surface area contributed by atoms with Gasteiger partial charge in [-0.3, -0.25) is 0 Å². The Kier molecular flexibility index (Phi) is 4.43. The molecule has 0 saturated heterocycles. The lowest BCUT2D eigenvalue weighted by atomic mass is 10.1. The van der Waals surface area contributed by atoms with Gasteiger partial charge >= 0.3 is 6.03 Å².